The summed E-state index contributed by atoms with van der Waals surface area (Å²) in [5.41, 5.74) is 14.2. The molecule has 0 saturated carbocycles. The Bertz CT molecular complexity index is 1280. The fourth-order valence-electron chi connectivity index (χ4n) is 3.52. The molecule has 0 amide bonds. The van der Waals surface area contributed by atoms with E-state index in [4.69, 9.17) is 16.6 Å². The molecule has 0 unspecified atom stereocenters. The van der Waals surface area contributed by atoms with Gasteiger partial charge >= 0.3 is 5.97 Å². The second-order valence-electron chi connectivity index (χ2n) is 7.66. The highest BCUT2D eigenvalue weighted by Gasteiger charge is 2.14. The molecule has 0 aliphatic rings. The van der Waals surface area contributed by atoms with Crippen molar-refractivity contribution in [2.75, 3.05) is 11.1 Å². The Labute approximate surface area is 185 Å². The molecular formula is C24H24N6O2. The fourth-order valence-corrected chi connectivity index (χ4v) is 3.52. The van der Waals surface area contributed by atoms with Gasteiger partial charge in [0.25, 0.3) is 0 Å². The Balaban J connectivity index is 1.58. The minimum atomic E-state index is -1.05. The zero-order valence-electron chi connectivity index (χ0n) is 17.6. The number of nitrogens with one attached hydrogen (secondary N) is 1. The quantitative estimate of drug-likeness (QED) is 0.351. The van der Waals surface area contributed by atoms with Crippen molar-refractivity contribution in [3.8, 4) is 11.4 Å². The van der Waals surface area contributed by atoms with Crippen LogP contribution < -0.4 is 16.8 Å². The van der Waals surface area contributed by atoms with Gasteiger partial charge in [-0.1, -0.05) is 54.6 Å². The summed E-state index contributed by atoms with van der Waals surface area (Å²) in [4.78, 5) is 24.1. The second-order valence-corrected chi connectivity index (χ2v) is 7.66. The number of nitrogen functional groups attached to an aromatic ring is 1. The first-order chi connectivity index (χ1) is 15.4. The third kappa shape index (κ3) is 4.81. The third-order valence-electron chi connectivity index (χ3n) is 5.23. The van der Waals surface area contributed by atoms with Crippen molar-refractivity contribution in [1.29, 1.82) is 0 Å². The largest absolute Gasteiger partial charge is 0.480 e. The number of anilines is 2. The Morgan fingerprint density at radius 1 is 1.00 bits per heavy atom. The number of carboxylic acid groups (broad SMARTS) is 1. The van der Waals surface area contributed by atoms with Crippen LogP contribution in [0.3, 0.4) is 0 Å². The number of carbonyl (C=O) groups is 1. The molecule has 0 radical (unpaired) electrons. The average Bonchev–Trinajstić information content (AvgIpc) is 2.78. The minimum Gasteiger partial charge on any atom is -0.480 e. The molecule has 162 valence electrons. The maximum absolute atomic E-state index is 11.1. The minimum absolute atomic E-state index is 0.0610. The number of benzene rings is 3. The predicted molar refractivity (Wildman–Crippen MR) is 125 cm³/mol. The standard InChI is InChI=1S/C24H24N6O2/c1-14(17-10-9-16-6-2-3-7-18(16)13-17)27-24-29-21(28-23(26)30-24)19-8-4-5-15(11-19)12-20(25)22(31)32/h2-11,13-14,20H,12,25H2,1H3,(H,31,32)(H3,26,27,28,29,30)/t14-,20+/m1/s1. The van der Waals surface area contributed by atoms with Gasteiger partial charge in [-0.3, -0.25) is 4.79 Å². The van der Waals surface area contributed by atoms with Crippen LogP contribution in [0.1, 0.15) is 24.1 Å². The first-order valence-electron chi connectivity index (χ1n) is 10.2. The smallest absolute Gasteiger partial charge is 0.320 e. The van der Waals surface area contributed by atoms with E-state index in [1.807, 2.05) is 43.3 Å². The molecule has 3 aromatic carbocycles. The number of carboxylic acids is 1. The van der Waals surface area contributed by atoms with Gasteiger partial charge in [0.05, 0.1) is 6.04 Å². The van der Waals surface area contributed by atoms with E-state index in [2.05, 4.69) is 50.6 Å². The number of aromatic nitrogens is 3. The van der Waals surface area contributed by atoms with Crippen molar-refractivity contribution in [3.05, 3.63) is 77.9 Å². The molecule has 0 aliphatic carbocycles. The van der Waals surface area contributed by atoms with Crippen LogP contribution in [-0.2, 0) is 11.2 Å². The van der Waals surface area contributed by atoms with Crippen LogP contribution in [0.25, 0.3) is 22.2 Å². The zero-order chi connectivity index (χ0) is 22.7. The van der Waals surface area contributed by atoms with Crippen molar-refractivity contribution in [2.45, 2.75) is 25.4 Å². The molecular weight excluding hydrogens is 404 g/mol. The number of aliphatic carboxylic acids is 1. The first-order valence-corrected chi connectivity index (χ1v) is 10.2. The number of nitrogens with two attached hydrogens (primary N) is 2. The highest BCUT2D eigenvalue weighted by Crippen LogP contribution is 2.24. The lowest BCUT2D eigenvalue weighted by Gasteiger charge is -2.16. The number of nitrogens with zero attached hydrogens (tertiary/aromatic N) is 3. The molecule has 0 aliphatic heterocycles. The lowest BCUT2D eigenvalue weighted by Crippen LogP contribution is -2.32. The van der Waals surface area contributed by atoms with E-state index in [0.29, 0.717) is 17.3 Å². The molecule has 32 heavy (non-hydrogen) atoms. The van der Waals surface area contributed by atoms with E-state index in [1.54, 1.807) is 0 Å². The second kappa shape index (κ2) is 8.99. The molecule has 4 rings (SSSR count). The molecule has 0 spiro atoms. The van der Waals surface area contributed by atoms with Gasteiger partial charge in [0.1, 0.15) is 6.04 Å². The van der Waals surface area contributed by atoms with Gasteiger partial charge in [0.15, 0.2) is 5.82 Å². The van der Waals surface area contributed by atoms with Gasteiger partial charge in [0, 0.05) is 5.56 Å². The zero-order valence-corrected chi connectivity index (χ0v) is 17.6. The van der Waals surface area contributed by atoms with Crippen LogP contribution in [0.2, 0.25) is 0 Å². The Kier molecular flexibility index (Phi) is 5.96. The van der Waals surface area contributed by atoms with Crippen molar-refractivity contribution in [3.63, 3.8) is 0 Å². The molecule has 0 fully saturated rings. The van der Waals surface area contributed by atoms with E-state index in [9.17, 15) is 4.79 Å². The van der Waals surface area contributed by atoms with Crippen LogP contribution in [0.5, 0.6) is 0 Å². The molecule has 1 aromatic heterocycles. The molecule has 0 bridgehead atoms. The summed E-state index contributed by atoms with van der Waals surface area (Å²) in [7, 11) is 0. The topological polar surface area (TPSA) is 140 Å². The summed E-state index contributed by atoms with van der Waals surface area (Å²) >= 11 is 0. The van der Waals surface area contributed by atoms with E-state index >= 15 is 0 Å². The summed E-state index contributed by atoms with van der Waals surface area (Å²) in [6, 6.07) is 20.7. The van der Waals surface area contributed by atoms with Gasteiger partial charge < -0.3 is 21.9 Å². The Hall–Kier alpha value is -4.04. The highest BCUT2D eigenvalue weighted by atomic mass is 16.4. The summed E-state index contributed by atoms with van der Waals surface area (Å²) in [5, 5.41) is 14.7. The van der Waals surface area contributed by atoms with Crippen LogP contribution in [-0.4, -0.2) is 32.1 Å². The molecule has 8 heteroatoms. The molecule has 8 nitrogen and oxygen atoms in total. The van der Waals surface area contributed by atoms with E-state index in [-0.39, 0.29) is 18.4 Å². The van der Waals surface area contributed by atoms with Crippen molar-refractivity contribution < 1.29 is 9.90 Å². The Morgan fingerprint density at radius 3 is 2.56 bits per heavy atom. The lowest BCUT2D eigenvalue weighted by atomic mass is 10.0. The van der Waals surface area contributed by atoms with Crippen LogP contribution in [0.15, 0.2) is 66.7 Å². The Morgan fingerprint density at radius 2 is 1.78 bits per heavy atom. The molecule has 0 saturated heterocycles. The van der Waals surface area contributed by atoms with Crippen LogP contribution in [0.4, 0.5) is 11.9 Å². The maximum atomic E-state index is 11.1. The monoisotopic (exact) mass is 428 g/mol. The van der Waals surface area contributed by atoms with Gasteiger partial charge in [-0.15, -0.1) is 0 Å². The fraction of sp³-hybridized carbons (Fsp3) is 0.167. The average molecular weight is 428 g/mol. The normalized spacial score (nSPS) is 12.9. The molecule has 6 N–H and O–H groups in total. The van der Waals surface area contributed by atoms with Crippen molar-refractivity contribution in [2.24, 2.45) is 5.73 Å². The van der Waals surface area contributed by atoms with Gasteiger partial charge in [0.2, 0.25) is 11.9 Å². The summed E-state index contributed by atoms with van der Waals surface area (Å²) in [5.74, 6) is -0.193. The third-order valence-corrected chi connectivity index (χ3v) is 5.23. The molecule has 4 aromatic rings. The first kappa shape index (κ1) is 21.2. The van der Waals surface area contributed by atoms with Gasteiger partial charge in [-0.2, -0.15) is 15.0 Å². The number of fused-ring (bicyclic) bond motifs is 1. The molecule has 1 heterocycles. The van der Waals surface area contributed by atoms with E-state index in [0.717, 1.165) is 16.5 Å². The summed E-state index contributed by atoms with van der Waals surface area (Å²) < 4.78 is 0. The number of rotatable bonds is 7. The molecule has 2 atom stereocenters. The lowest BCUT2D eigenvalue weighted by molar-refractivity contribution is -0.138. The van der Waals surface area contributed by atoms with Crippen LogP contribution >= 0.6 is 0 Å². The maximum Gasteiger partial charge on any atom is 0.320 e. The summed E-state index contributed by atoms with van der Waals surface area (Å²) in [6.07, 6.45) is 0.202. The predicted octanol–water partition coefficient (Wildman–Crippen LogP) is 3.40. The van der Waals surface area contributed by atoms with Crippen LogP contribution in [0, 0.1) is 0 Å². The summed E-state index contributed by atoms with van der Waals surface area (Å²) in [6.45, 7) is 2.03. The number of hydrogen-bond donors (Lipinski definition) is 4. The van der Waals surface area contributed by atoms with Crippen molar-refractivity contribution >= 4 is 28.6 Å². The SMILES string of the molecule is C[C@@H](Nc1nc(N)nc(-c2cccc(C[C@H](N)C(=O)O)c2)n1)c1ccc2ccccc2c1. The van der Waals surface area contributed by atoms with E-state index in [1.165, 1.54) is 5.39 Å². The van der Waals surface area contributed by atoms with E-state index < -0.39 is 12.0 Å². The highest BCUT2D eigenvalue weighted by molar-refractivity contribution is 5.83. The van der Waals surface area contributed by atoms with Gasteiger partial charge in [-0.05, 0) is 47.4 Å². The van der Waals surface area contributed by atoms with Crippen molar-refractivity contribution in [1.82, 2.24) is 15.0 Å². The number of hydrogen-bond acceptors (Lipinski definition) is 7. The van der Waals surface area contributed by atoms with Gasteiger partial charge in [-0.25, -0.2) is 0 Å².